The highest BCUT2D eigenvalue weighted by Crippen LogP contribution is 2.45. The molecule has 3 heterocycles. The summed E-state index contributed by atoms with van der Waals surface area (Å²) in [4.78, 5) is 0. The second-order valence-electron chi connectivity index (χ2n) is 12.4. The molecule has 0 saturated heterocycles. The zero-order valence-electron chi connectivity index (χ0n) is 22.4. The van der Waals surface area contributed by atoms with E-state index in [9.17, 15) is 0 Å². The summed E-state index contributed by atoms with van der Waals surface area (Å²) in [7, 11) is 0. The standard InChI is InChI=1S/C35H27BO2S/c1-35(2,3)21-17-27-31-28(18-21)38-33-23-9-5-4-7-20(23)11-14-25(33)36(31)32-26(37-27)15-13-24-30-22-10-6-8-19(22)12-16-29(30)39-34(24)32/h4-5,7,9,11-18H,6,8,10H2,1-3H3. The van der Waals surface area contributed by atoms with Crippen molar-refractivity contribution in [2.24, 2.45) is 0 Å². The lowest BCUT2D eigenvalue weighted by Gasteiger charge is -2.35. The summed E-state index contributed by atoms with van der Waals surface area (Å²) in [5, 5.41) is 5.21. The molecule has 9 rings (SSSR count). The lowest BCUT2D eigenvalue weighted by Crippen LogP contribution is -2.57. The van der Waals surface area contributed by atoms with Gasteiger partial charge in [0, 0.05) is 31.0 Å². The third-order valence-corrected chi connectivity index (χ3v) is 10.3. The molecule has 1 aliphatic carbocycles. The largest absolute Gasteiger partial charge is 0.458 e. The highest BCUT2D eigenvalue weighted by atomic mass is 32.1. The number of rotatable bonds is 0. The van der Waals surface area contributed by atoms with Crippen molar-refractivity contribution in [1.82, 2.24) is 0 Å². The number of hydrogen-bond donors (Lipinski definition) is 0. The van der Waals surface area contributed by atoms with Crippen molar-refractivity contribution < 1.29 is 9.47 Å². The van der Waals surface area contributed by atoms with Gasteiger partial charge in [-0.3, -0.25) is 0 Å². The molecule has 0 fully saturated rings. The van der Waals surface area contributed by atoms with E-state index >= 15 is 0 Å². The maximum absolute atomic E-state index is 6.84. The zero-order chi connectivity index (χ0) is 26.0. The first-order valence-corrected chi connectivity index (χ1v) is 14.8. The van der Waals surface area contributed by atoms with Gasteiger partial charge in [-0.15, -0.1) is 11.3 Å². The van der Waals surface area contributed by atoms with Crippen molar-refractivity contribution in [3.63, 3.8) is 0 Å². The highest BCUT2D eigenvalue weighted by Gasteiger charge is 2.43. The third kappa shape index (κ3) is 2.93. The molecule has 2 nitrogen and oxygen atoms in total. The van der Waals surface area contributed by atoms with Gasteiger partial charge in [0.15, 0.2) is 0 Å². The number of hydrogen-bond acceptors (Lipinski definition) is 3. The predicted molar refractivity (Wildman–Crippen MR) is 165 cm³/mol. The monoisotopic (exact) mass is 522 g/mol. The van der Waals surface area contributed by atoms with E-state index in [1.807, 2.05) is 11.3 Å². The minimum Gasteiger partial charge on any atom is -0.458 e. The average molecular weight is 522 g/mol. The van der Waals surface area contributed by atoms with Gasteiger partial charge in [-0.05, 0) is 88.0 Å². The molecular formula is C35H27BO2S. The summed E-state index contributed by atoms with van der Waals surface area (Å²) in [6, 6.07) is 26.9. The van der Waals surface area contributed by atoms with Crippen LogP contribution in [0, 0.1) is 0 Å². The number of thiophene rings is 1. The Morgan fingerprint density at radius 2 is 1.62 bits per heavy atom. The lowest BCUT2D eigenvalue weighted by molar-refractivity contribution is 0.461. The van der Waals surface area contributed by atoms with Crippen LogP contribution in [-0.2, 0) is 18.3 Å². The van der Waals surface area contributed by atoms with E-state index in [0.717, 1.165) is 33.8 Å². The van der Waals surface area contributed by atoms with E-state index in [2.05, 4.69) is 93.6 Å². The molecular weight excluding hydrogens is 495 g/mol. The first-order chi connectivity index (χ1) is 19.0. The van der Waals surface area contributed by atoms with Gasteiger partial charge < -0.3 is 9.47 Å². The van der Waals surface area contributed by atoms with Crippen LogP contribution in [0.2, 0.25) is 0 Å². The number of ether oxygens (including phenoxy) is 2. The van der Waals surface area contributed by atoms with Crippen LogP contribution >= 0.6 is 11.3 Å². The van der Waals surface area contributed by atoms with Crippen LogP contribution < -0.4 is 25.9 Å². The molecule has 1 aromatic heterocycles. The Kier molecular flexibility index (Phi) is 4.23. The first-order valence-electron chi connectivity index (χ1n) is 14.0. The lowest BCUT2D eigenvalue weighted by atomic mass is 9.34. The second kappa shape index (κ2) is 7.46. The van der Waals surface area contributed by atoms with E-state index < -0.39 is 0 Å². The third-order valence-electron chi connectivity index (χ3n) is 9.08. The van der Waals surface area contributed by atoms with Gasteiger partial charge in [-0.25, -0.2) is 0 Å². The molecule has 0 atom stereocenters. The van der Waals surface area contributed by atoms with Crippen LogP contribution in [0.25, 0.3) is 30.9 Å². The van der Waals surface area contributed by atoms with Crippen LogP contribution in [0.5, 0.6) is 23.0 Å². The minimum absolute atomic E-state index is 0.0249. The molecule has 6 aromatic rings. The average Bonchev–Trinajstić information content (AvgIpc) is 3.56. The van der Waals surface area contributed by atoms with Gasteiger partial charge in [-0.2, -0.15) is 0 Å². The van der Waals surface area contributed by atoms with Crippen LogP contribution in [0.15, 0.2) is 72.8 Å². The quantitative estimate of drug-likeness (QED) is 0.190. The molecule has 3 aliphatic rings. The number of aryl methyl sites for hydroxylation is 2. The van der Waals surface area contributed by atoms with Crippen LogP contribution in [0.3, 0.4) is 0 Å². The smallest absolute Gasteiger partial charge is 0.262 e. The molecule has 0 radical (unpaired) electrons. The maximum Gasteiger partial charge on any atom is 0.262 e. The minimum atomic E-state index is -0.0249. The fourth-order valence-electron chi connectivity index (χ4n) is 7.16. The second-order valence-corrected chi connectivity index (χ2v) is 13.4. The fraction of sp³-hybridized carbons (Fsp3) is 0.200. The van der Waals surface area contributed by atoms with E-state index in [-0.39, 0.29) is 12.1 Å². The van der Waals surface area contributed by atoms with Gasteiger partial charge in [0.1, 0.15) is 23.0 Å². The maximum atomic E-state index is 6.84. The number of benzene rings is 5. The Hall–Kier alpha value is -3.76. The Morgan fingerprint density at radius 3 is 2.49 bits per heavy atom. The topological polar surface area (TPSA) is 18.5 Å². The zero-order valence-corrected chi connectivity index (χ0v) is 23.2. The van der Waals surface area contributed by atoms with E-state index in [0.29, 0.717) is 0 Å². The van der Waals surface area contributed by atoms with E-state index in [1.54, 1.807) is 5.56 Å². The Morgan fingerprint density at radius 1 is 0.769 bits per heavy atom. The van der Waals surface area contributed by atoms with Crippen molar-refractivity contribution in [2.75, 3.05) is 0 Å². The molecule has 0 N–H and O–H groups in total. The van der Waals surface area contributed by atoms with Crippen LogP contribution in [-0.4, -0.2) is 6.71 Å². The summed E-state index contributed by atoms with van der Waals surface area (Å²) in [6.07, 6.45) is 3.64. The molecule has 0 saturated carbocycles. The molecule has 0 spiro atoms. The Bertz CT molecular complexity index is 2040. The predicted octanol–water partition coefficient (Wildman–Crippen LogP) is 7.72. The highest BCUT2D eigenvalue weighted by molar-refractivity contribution is 7.28. The molecule has 4 heteroatoms. The Balaban J connectivity index is 1.40. The fourth-order valence-corrected chi connectivity index (χ4v) is 8.46. The van der Waals surface area contributed by atoms with Crippen molar-refractivity contribution in [3.05, 3.63) is 89.5 Å². The van der Waals surface area contributed by atoms with Gasteiger partial charge in [-0.1, -0.05) is 63.2 Å². The summed E-state index contributed by atoms with van der Waals surface area (Å²) >= 11 is 1.93. The molecule has 39 heavy (non-hydrogen) atoms. The van der Waals surface area contributed by atoms with E-state index in [1.165, 1.54) is 66.9 Å². The molecule has 2 aliphatic heterocycles. The normalized spacial score (nSPS) is 15.1. The van der Waals surface area contributed by atoms with Gasteiger partial charge in [0.25, 0.3) is 6.71 Å². The summed E-state index contributed by atoms with van der Waals surface area (Å²) in [5.74, 6) is 3.81. The molecule has 5 aromatic carbocycles. The SMILES string of the molecule is CC(C)(C)c1cc2c3c(c1)Oc1c(ccc4ccccc14)B3c1c(ccc3c1sc1ccc4c(c13)CCC4)O2. The first kappa shape index (κ1) is 22.1. The summed E-state index contributed by atoms with van der Waals surface area (Å²) in [6.45, 7) is 6.81. The van der Waals surface area contributed by atoms with Gasteiger partial charge in [0.2, 0.25) is 0 Å². The van der Waals surface area contributed by atoms with Crippen molar-refractivity contribution in [2.45, 2.75) is 45.4 Å². The molecule has 0 bridgehead atoms. The van der Waals surface area contributed by atoms with Crippen LogP contribution in [0.4, 0.5) is 0 Å². The molecule has 188 valence electrons. The molecule has 0 unspecified atom stereocenters. The Labute approximate surface area is 232 Å². The van der Waals surface area contributed by atoms with E-state index in [4.69, 9.17) is 9.47 Å². The van der Waals surface area contributed by atoms with Crippen molar-refractivity contribution in [3.8, 4) is 23.0 Å². The number of fused-ring (bicyclic) bond motifs is 12. The van der Waals surface area contributed by atoms with Gasteiger partial charge >= 0.3 is 0 Å². The summed E-state index contributed by atoms with van der Waals surface area (Å²) in [5.41, 5.74) is 7.96. The summed E-state index contributed by atoms with van der Waals surface area (Å²) < 4.78 is 16.4. The van der Waals surface area contributed by atoms with Crippen molar-refractivity contribution >= 4 is 65.4 Å². The molecule has 0 amide bonds. The van der Waals surface area contributed by atoms with Gasteiger partial charge in [0.05, 0.1) is 0 Å². The van der Waals surface area contributed by atoms with Crippen LogP contribution in [0.1, 0.15) is 43.9 Å². The van der Waals surface area contributed by atoms with Crippen molar-refractivity contribution in [1.29, 1.82) is 0 Å².